The van der Waals surface area contributed by atoms with E-state index in [2.05, 4.69) is 26.0 Å². The summed E-state index contributed by atoms with van der Waals surface area (Å²) in [6.07, 6.45) is 0. The zero-order chi connectivity index (χ0) is 11.3. The highest BCUT2D eigenvalue weighted by molar-refractivity contribution is 6.12. The van der Waals surface area contributed by atoms with Gasteiger partial charge in [-0.05, 0) is 42.3 Å². The van der Waals surface area contributed by atoms with Crippen molar-refractivity contribution in [3.63, 3.8) is 0 Å². The van der Waals surface area contributed by atoms with Gasteiger partial charge in [-0.3, -0.25) is 4.79 Å². The number of rotatable bonds is 0. The van der Waals surface area contributed by atoms with Crippen LogP contribution in [0.5, 0.6) is 0 Å². The maximum Gasteiger partial charge on any atom is 0.186 e. The molecule has 0 heterocycles. The Morgan fingerprint density at radius 1 is 0.875 bits per heavy atom. The first-order chi connectivity index (χ1) is 7.66. The van der Waals surface area contributed by atoms with E-state index in [4.69, 9.17) is 0 Å². The summed E-state index contributed by atoms with van der Waals surface area (Å²) in [5.41, 5.74) is 2.58. The van der Waals surface area contributed by atoms with E-state index < -0.39 is 0 Å². The lowest BCUT2D eigenvalue weighted by Gasteiger charge is -1.93. The Labute approximate surface area is 93.7 Å². The minimum atomic E-state index is 0.116. The first-order valence-corrected chi connectivity index (χ1v) is 5.43. The highest BCUT2D eigenvalue weighted by atomic mass is 16.1. The standard InChI is InChI=1S/C15H12O/c1-9-7-10(2)12-4-5-13-14(16)6-3-11(8-9)15(12)13/h3-8H,1-2H3. The normalized spacial score (nSPS) is 11.4. The number of aryl methyl sites for hydroxylation is 2. The third kappa shape index (κ3) is 1.15. The summed E-state index contributed by atoms with van der Waals surface area (Å²) in [6, 6.07) is 11.9. The van der Waals surface area contributed by atoms with Crippen molar-refractivity contribution < 1.29 is 0 Å². The summed E-state index contributed by atoms with van der Waals surface area (Å²) >= 11 is 0. The monoisotopic (exact) mass is 208 g/mol. The fourth-order valence-corrected chi connectivity index (χ4v) is 2.49. The second-order valence-electron chi connectivity index (χ2n) is 4.40. The van der Waals surface area contributed by atoms with Crippen molar-refractivity contribution in [2.75, 3.05) is 0 Å². The fraction of sp³-hybridized carbons (Fsp3) is 0.133. The predicted octanol–water partition coefficient (Wildman–Crippen LogP) is 3.41. The van der Waals surface area contributed by atoms with Crippen LogP contribution in [0.1, 0.15) is 11.1 Å². The average molecular weight is 208 g/mol. The Morgan fingerprint density at radius 2 is 1.62 bits per heavy atom. The van der Waals surface area contributed by atoms with Gasteiger partial charge in [0.2, 0.25) is 0 Å². The molecule has 3 aromatic rings. The lowest BCUT2D eigenvalue weighted by atomic mass is 10.1. The van der Waals surface area contributed by atoms with Crippen LogP contribution in [-0.2, 0) is 0 Å². The molecule has 0 bridgehead atoms. The Balaban J connectivity index is 2.76. The van der Waals surface area contributed by atoms with Crippen molar-refractivity contribution in [3.05, 3.63) is 57.7 Å². The molecular formula is C15H12O. The molecule has 0 amide bonds. The van der Waals surface area contributed by atoms with Crippen LogP contribution in [0.2, 0.25) is 0 Å². The summed E-state index contributed by atoms with van der Waals surface area (Å²) in [4.78, 5) is 11.7. The number of benzene rings is 1. The van der Waals surface area contributed by atoms with Crippen LogP contribution in [-0.4, -0.2) is 0 Å². The van der Waals surface area contributed by atoms with E-state index in [1.807, 2.05) is 18.2 Å². The molecule has 0 saturated carbocycles. The molecule has 1 nitrogen and oxygen atoms in total. The zero-order valence-electron chi connectivity index (χ0n) is 9.37. The van der Waals surface area contributed by atoms with Crippen LogP contribution in [0.25, 0.3) is 21.5 Å². The van der Waals surface area contributed by atoms with Gasteiger partial charge in [0.05, 0.1) is 0 Å². The van der Waals surface area contributed by atoms with Gasteiger partial charge in [-0.2, -0.15) is 0 Å². The van der Waals surface area contributed by atoms with E-state index in [0.29, 0.717) is 0 Å². The first-order valence-electron chi connectivity index (χ1n) is 5.43. The number of hydrogen-bond acceptors (Lipinski definition) is 1. The van der Waals surface area contributed by atoms with E-state index in [0.717, 1.165) is 16.2 Å². The molecule has 0 saturated heterocycles. The summed E-state index contributed by atoms with van der Waals surface area (Å²) in [6.45, 7) is 4.19. The minimum absolute atomic E-state index is 0.116. The molecule has 0 atom stereocenters. The second kappa shape index (κ2) is 3.05. The predicted molar refractivity (Wildman–Crippen MR) is 68.4 cm³/mol. The molecule has 3 aromatic carbocycles. The van der Waals surface area contributed by atoms with E-state index in [-0.39, 0.29) is 5.43 Å². The molecule has 0 aliphatic heterocycles. The van der Waals surface area contributed by atoms with Gasteiger partial charge >= 0.3 is 0 Å². The summed E-state index contributed by atoms with van der Waals surface area (Å²) in [5.74, 6) is 0. The zero-order valence-corrected chi connectivity index (χ0v) is 9.37. The van der Waals surface area contributed by atoms with Gasteiger partial charge in [0.25, 0.3) is 0 Å². The third-order valence-electron chi connectivity index (χ3n) is 3.18. The molecule has 0 aromatic heterocycles. The largest absolute Gasteiger partial charge is 0.289 e. The van der Waals surface area contributed by atoms with Crippen molar-refractivity contribution in [3.8, 4) is 0 Å². The van der Waals surface area contributed by atoms with Crippen LogP contribution >= 0.6 is 0 Å². The van der Waals surface area contributed by atoms with E-state index in [9.17, 15) is 4.79 Å². The second-order valence-corrected chi connectivity index (χ2v) is 4.40. The molecule has 0 aliphatic rings. The van der Waals surface area contributed by atoms with Gasteiger partial charge in [-0.15, -0.1) is 0 Å². The maximum atomic E-state index is 11.7. The first kappa shape index (κ1) is 9.34. The SMILES string of the molecule is Cc1cc(C)c2ccc3c(=O)ccc(c1)c23. The lowest BCUT2D eigenvalue weighted by molar-refractivity contribution is 1.46. The fourth-order valence-electron chi connectivity index (χ4n) is 2.49. The maximum absolute atomic E-state index is 11.7. The molecular weight excluding hydrogens is 196 g/mol. The highest BCUT2D eigenvalue weighted by Crippen LogP contribution is 2.28. The molecule has 78 valence electrons. The molecule has 1 heteroatoms. The Morgan fingerprint density at radius 3 is 2.44 bits per heavy atom. The Kier molecular flexibility index (Phi) is 1.78. The van der Waals surface area contributed by atoms with Crippen molar-refractivity contribution >= 4 is 21.5 Å². The van der Waals surface area contributed by atoms with Crippen molar-refractivity contribution in [2.45, 2.75) is 13.8 Å². The summed E-state index contributed by atoms with van der Waals surface area (Å²) < 4.78 is 0. The summed E-state index contributed by atoms with van der Waals surface area (Å²) in [7, 11) is 0. The lowest BCUT2D eigenvalue weighted by Crippen LogP contribution is -1.95. The average Bonchev–Trinajstić information content (AvgIpc) is 2.62. The van der Waals surface area contributed by atoms with Gasteiger partial charge in [-0.25, -0.2) is 0 Å². The molecule has 0 aliphatic carbocycles. The molecule has 0 spiro atoms. The molecule has 0 N–H and O–H groups in total. The summed E-state index contributed by atoms with van der Waals surface area (Å²) in [5, 5.41) is 4.29. The minimum Gasteiger partial charge on any atom is -0.289 e. The van der Waals surface area contributed by atoms with Crippen LogP contribution in [0, 0.1) is 13.8 Å². The smallest absolute Gasteiger partial charge is 0.186 e. The van der Waals surface area contributed by atoms with Gasteiger partial charge in [-0.1, -0.05) is 29.8 Å². The van der Waals surface area contributed by atoms with Crippen LogP contribution in [0.4, 0.5) is 0 Å². The molecule has 0 radical (unpaired) electrons. The molecule has 3 rings (SSSR count). The van der Waals surface area contributed by atoms with Crippen molar-refractivity contribution in [1.29, 1.82) is 0 Å². The van der Waals surface area contributed by atoms with Gasteiger partial charge in [0.1, 0.15) is 0 Å². The number of hydrogen-bond donors (Lipinski definition) is 0. The van der Waals surface area contributed by atoms with Gasteiger partial charge in [0, 0.05) is 10.8 Å². The van der Waals surface area contributed by atoms with Crippen molar-refractivity contribution in [1.82, 2.24) is 0 Å². The Hall–Kier alpha value is -1.89. The topological polar surface area (TPSA) is 17.1 Å². The van der Waals surface area contributed by atoms with Crippen LogP contribution in [0.15, 0.2) is 41.2 Å². The molecule has 16 heavy (non-hydrogen) atoms. The highest BCUT2D eigenvalue weighted by Gasteiger charge is 2.07. The molecule has 0 fully saturated rings. The quantitative estimate of drug-likeness (QED) is 0.553. The van der Waals surface area contributed by atoms with Crippen LogP contribution in [0.3, 0.4) is 0 Å². The van der Waals surface area contributed by atoms with Crippen LogP contribution < -0.4 is 5.43 Å². The van der Waals surface area contributed by atoms with E-state index in [1.54, 1.807) is 6.07 Å². The van der Waals surface area contributed by atoms with E-state index >= 15 is 0 Å². The molecule has 0 unspecified atom stereocenters. The van der Waals surface area contributed by atoms with Gasteiger partial charge in [0.15, 0.2) is 5.43 Å². The van der Waals surface area contributed by atoms with Gasteiger partial charge < -0.3 is 0 Å². The third-order valence-corrected chi connectivity index (χ3v) is 3.18. The van der Waals surface area contributed by atoms with E-state index in [1.165, 1.54) is 16.5 Å². The Bertz CT molecular complexity index is 741. The van der Waals surface area contributed by atoms with Crippen molar-refractivity contribution in [2.24, 2.45) is 0 Å².